The van der Waals surface area contributed by atoms with Crippen LogP contribution < -0.4 is 14.8 Å². The van der Waals surface area contributed by atoms with Gasteiger partial charge in [-0.05, 0) is 42.7 Å². The molecule has 0 spiro atoms. The molecule has 2 aromatic rings. The lowest BCUT2D eigenvalue weighted by molar-refractivity contribution is 0.0938. The number of aromatic nitrogens is 1. The van der Waals surface area contributed by atoms with Crippen LogP contribution in [0, 0.1) is 0 Å². The van der Waals surface area contributed by atoms with E-state index < -0.39 is 0 Å². The van der Waals surface area contributed by atoms with Crippen molar-refractivity contribution in [3.05, 3.63) is 53.9 Å². The van der Waals surface area contributed by atoms with Crippen molar-refractivity contribution in [3.8, 4) is 11.5 Å². The van der Waals surface area contributed by atoms with E-state index in [0.717, 1.165) is 24.3 Å². The van der Waals surface area contributed by atoms with Gasteiger partial charge < -0.3 is 14.8 Å². The summed E-state index contributed by atoms with van der Waals surface area (Å²) in [5.74, 6) is 1.50. The molecule has 4 rings (SSSR count). The zero-order chi connectivity index (χ0) is 17.1. The third-order valence-electron chi connectivity index (χ3n) is 5.20. The van der Waals surface area contributed by atoms with E-state index in [4.69, 9.17) is 9.47 Å². The van der Waals surface area contributed by atoms with Gasteiger partial charge in [0.05, 0.1) is 0 Å². The number of carbonyl (C=O) groups excluding carboxylic acids is 1. The van der Waals surface area contributed by atoms with Crippen LogP contribution in [0.2, 0.25) is 0 Å². The maximum atomic E-state index is 12.4. The first-order valence-electron chi connectivity index (χ1n) is 8.86. The van der Waals surface area contributed by atoms with E-state index in [1.807, 2.05) is 18.2 Å². The van der Waals surface area contributed by atoms with Gasteiger partial charge in [0.15, 0.2) is 11.5 Å². The Hall–Kier alpha value is -2.56. The van der Waals surface area contributed by atoms with Crippen molar-refractivity contribution in [2.45, 2.75) is 31.1 Å². The van der Waals surface area contributed by atoms with Crippen LogP contribution in [0.15, 0.2) is 42.6 Å². The Labute approximate surface area is 147 Å². The molecule has 130 valence electrons. The summed E-state index contributed by atoms with van der Waals surface area (Å²) >= 11 is 0. The van der Waals surface area contributed by atoms with Crippen LogP contribution in [0.3, 0.4) is 0 Å². The summed E-state index contributed by atoms with van der Waals surface area (Å²) in [7, 11) is 0. The van der Waals surface area contributed by atoms with Crippen LogP contribution in [-0.4, -0.2) is 30.6 Å². The number of hydrogen-bond donors (Lipinski definition) is 1. The molecule has 1 aliphatic carbocycles. The third kappa shape index (κ3) is 3.18. The van der Waals surface area contributed by atoms with Crippen LogP contribution in [0.1, 0.15) is 41.7 Å². The largest absolute Gasteiger partial charge is 0.486 e. The molecule has 0 unspecified atom stereocenters. The molecule has 1 N–H and O–H groups in total. The number of nitrogens with zero attached hydrogens (tertiary/aromatic N) is 1. The molecule has 1 aliphatic heterocycles. The van der Waals surface area contributed by atoms with E-state index in [-0.39, 0.29) is 11.3 Å². The summed E-state index contributed by atoms with van der Waals surface area (Å²) in [6, 6.07) is 11.6. The lowest BCUT2D eigenvalue weighted by atomic mass is 9.78. The summed E-state index contributed by atoms with van der Waals surface area (Å²) in [6.45, 7) is 1.79. The van der Waals surface area contributed by atoms with Crippen molar-refractivity contribution in [1.29, 1.82) is 0 Å². The molecule has 5 heteroatoms. The molecular weight excluding hydrogens is 316 g/mol. The van der Waals surface area contributed by atoms with Crippen LogP contribution in [0.5, 0.6) is 11.5 Å². The third-order valence-corrected chi connectivity index (χ3v) is 5.20. The number of nitrogens with one attached hydrogen (secondary N) is 1. The molecule has 0 bridgehead atoms. The fraction of sp³-hybridized carbons (Fsp3) is 0.400. The summed E-state index contributed by atoms with van der Waals surface area (Å²) < 4.78 is 11.4. The lowest BCUT2D eigenvalue weighted by Crippen LogP contribution is -2.39. The Morgan fingerprint density at radius 3 is 2.64 bits per heavy atom. The predicted octanol–water partition coefficient (Wildman–Crippen LogP) is 3.09. The number of benzene rings is 1. The Kier molecular flexibility index (Phi) is 4.30. The molecule has 1 fully saturated rings. The molecule has 1 aromatic heterocycles. The van der Waals surface area contributed by atoms with Crippen molar-refractivity contribution >= 4 is 5.91 Å². The molecule has 2 heterocycles. The van der Waals surface area contributed by atoms with Crippen molar-refractivity contribution in [2.75, 3.05) is 19.8 Å². The van der Waals surface area contributed by atoms with Crippen LogP contribution in [0.25, 0.3) is 0 Å². The fourth-order valence-corrected chi connectivity index (χ4v) is 3.83. The second kappa shape index (κ2) is 6.75. The molecular formula is C20H22N2O3. The molecule has 0 atom stereocenters. The Bertz CT molecular complexity index is 755. The van der Waals surface area contributed by atoms with E-state index in [1.54, 1.807) is 12.3 Å². The minimum Gasteiger partial charge on any atom is -0.486 e. The van der Waals surface area contributed by atoms with Crippen molar-refractivity contribution in [3.63, 3.8) is 0 Å². The molecule has 0 radical (unpaired) electrons. The number of ether oxygens (including phenoxy) is 2. The quantitative estimate of drug-likeness (QED) is 0.931. The van der Waals surface area contributed by atoms with Gasteiger partial charge in [-0.15, -0.1) is 0 Å². The second-order valence-electron chi connectivity index (χ2n) is 6.74. The first-order valence-corrected chi connectivity index (χ1v) is 8.86. The number of carbonyl (C=O) groups is 1. The van der Waals surface area contributed by atoms with Crippen LogP contribution in [0.4, 0.5) is 0 Å². The van der Waals surface area contributed by atoms with Gasteiger partial charge in [0.1, 0.15) is 18.9 Å². The van der Waals surface area contributed by atoms with Gasteiger partial charge in [0, 0.05) is 18.2 Å². The molecule has 1 aromatic carbocycles. The van der Waals surface area contributed by atoms with E-state index in [0.29, 0.717) is 25.5 Å². The van der Waals surface area contributed by atoms with Gasteiger partial charge >= 0.3 is 0 Å². The second-order valence-corrected chi connectivity index (χ2v) is 6.74. The average Bonchev–Trinajstić information content (AvgIpc) is 3.16. The van der Waals surface area contributed by atoms with E-state index >= 15 is 0 Å². The summed E-state index contributed by atoms with van der Waals surface area (Å²) in [4.78, 5) is 16.5. The highest BCUT2D eigenvalue weighted by molar-refractivity contribution is 5.92. The SMILES string of the molecule is O=C(NCC1(c2ccc3c(c2)OCCO3)CCCC1)c1ccccn1. The number of rotatable bonds is 4. The maximum Gasteiger partial charge on any atom is 0.269 e. The molecule has 1 saturated carbocycles. The van der Waals surface area contributed by atoms with Crippen LogP contribution in [-0.2, 0) is 5.41 Å². The first-order chi connectivity index (χ1) is 12.3. The highest BCUT2D eigenvalue weighted by Gasteiger charge is 2.37. The van der Waals surface area contributed by atoms with Gasteiger partial charge in [-0.3, -0.25) is 9.78 Å². The molecule has 25 heavy (non-hydrogen) atoms. The maximum absolute atomic E-state index is 12.4. The van der Waals surface area contributed by atoms with E-state index in [9.17, 15) is 4.79 Å². The number of hydrogen-bond acceptors (Lipinski definition) is 4. The van der Waals surface area contributed by atoms with Crippen molar-refractivity contribution < 1.29 is 14.3 Å². The molecule has 1 amide bonds. The number of fused-ring (bicyclic) bond motifs is 1. The van der Waals surface area contributed by atoms with Crippen LogP contribution >= 0.6 is 0 Å². The molecule has 2 aliphatic rings. The van der Waals surface area contributed by atoms with Gasteiger partial charge in [-0.2, -0.15) is 0 Å². The standard InChI is InChI=1S/C20H22N2O3/c23-19(16-5-1-4-10-21-16)22-14-20(8-2-3-9-20)15-6-7-17-18(13-15)25-12-11-24-17/h1,4-7,10,13H,2-3,8-9,11-12,14H2,(H,22,23). The van der Waals surface area contributed by atoms with E-state index in [2.05, 4.69) is 22.4 Å². The number of pyridine rings is 1. The van der Waals surface area contributed by atoms with E-state index in [1.165, 1.54) is 18.4 Å². The van der Waals surface area contributed by atoms with Gasteiger partial charge in [-0.1, -0.05) is 25.0 Å². The van der Waals surface area contributed by atoms with Gasteiger partial charge in [0.2, 0.25) is 0 Å². The Morgan fingerprint density at radius 2 is 1.88 bits per heavy atom. The van der Waals surface area contributed by atoms with Gasteiger partial charge in [-0.25, -0.2) is 0 Å². The minimum atomic E-state index is -0.121. The summed E-state index contributed by atoms with van der Waals surface area (Å²) in [5.41, 5.74) is 1.63. The normalized spacial score (nSPS) is 17.9. The zero-order valence-electron chi connectivity index (χ0n) is 14.2. The van der Waals surface area contributed by atoms with Gasteiger partial charge in [0.25, 0.3) is 5.91 Å². The highest BCUT2D eigenvalue weighted by Crippen LogP contribution is 2.43. The first kappa shape index (κ1) is 15.9. The minimum absolute atomic E-state index is 0.0414. The van der Waals surface area contributed by atoms with Crippen molar-refractivity contribution in [1.82, 2.24) is 10.3 Å². The zero-order valence-corrected chi connectivity index (χ0v) is 14.2. The fourth-order valence-electron chi connectivity index (χ4n) is 3.83. The topological polar surface area (TPSA) is 60.5 Å². The summed E-state index contributed by atoms with van der Waals surface area (Å²) in [5, 5.41) is 3.09. The number of amides is 1. The lowest BCUT2D eigenvalue weighted by Gasteiger charge is -2.31. The monoisotopic (exact) mass is 338 g/mol. The Morgan fingerprint density at radius 1 is 1.08 bits per heavy atom. The molecule has 0 saturated heterocycles. The smallest absolute Gasteiger partial charge is 0.269 e. The Balaban J connectivity index is 1.55. The molecule has 5 nitrogen and oxygen atoms in total. The average molecular weight is 338 g/mol. The highest BCUT2D eigenvalue weighted by atomic mass is 16.6. The van der Waals surface area contributed by atoms with Crippen molar-refractivity contribution in [2.24, 2.45) is 0 Å². The summed E-state index contributed by atoms with van der Waals surface area (Å²) in [6.07, 6.45) is 6.12. The predicted molar refractivity (Wildman–Crippen MR) is 94.1 cm³/mol.